The van der Waals surface area contributed by atoms with E-state index in [0.29, 0.717) is 12.5 Å². The monoisotopic (exact) mass is 420 g/mol. The third-order valence-electron chi connectivity index (χ3n) is 6.56. The molecule has 2 fully saturated rings. The van der Waals surface area contributed by atoms with Crippen LogP contribution in [0.2, 0.25) is 0 Å². The standard InChI is InChI=1S/C23H40N4O3/c1-23(2,3)26(4)22(29)24-18-12-9-7-5-6-8-11-17-15-19(17)25-21(28)20-13-10-14-27(20)30-16-18/h8,11,17-20H,5-7,9-10,12-16H2,1-4H3,(H,24,29)(H,25,28)/b11-8-/t17-,18+,19-,20+/m1/s1. The fourth-order valence-corrected chi connectivity index (χ4v) is 4.09. The summed E-state index contributed by atoms with van der Waals surface area (Å²) < 4.78 is 0. The van der Waals surface area contributed by atoms with Crippen LogP contribution in [0.15, 0.2) is 12.2 Å². The minimum atomic E-state index is -0.242. The van der Waals surface area contributed by atoms with Gasteiger partial charge >= 0.3 is 6.03 Å². The molecule has 2 aliphatic heterocycles. The molecule has 1 saturated heterocycles. The fourth-order valence-electron chi connectivity index (χ4n) is 4.09. The number of urea groups is 1. The van der Waals surface area contributed by atoms with Gasteiger partial charge in [-0.1, -0.05) is 25.0 Å². The molecule has 1 saturated carbocycles. The Morgan fingerprint density at radius 3 is 2.80 bits per heavy atom. The smallest absolute Gasteiger partial charge is 0.317 e. The van der Waals surface area contributed by atoms with E-state index in [1.807, 2.05) is 32.9 Å². The Hall–Kier alpha value is -1.60. The molecule has 0 bridgehead atoms. The molecule has 4 atom stereocenters. The lowest BCUT2D eigenvalue weighted by Crippen LogP contribution is -2.52. The number of allylic oxidation sites excluding steroid dienone is 1. The van der Waals surface area contributed by atoms with E-state index in [9.17, 15) is 9.59 Å². The van der Waals surface area contributed by atoms with Crippen molar-refractivity contribution in [2.75, 3.05) is 20.2 Å². The van der Waals surface area contributed by atoms with E-state index in [2.05, 4.69) is 22.8 Å². The Labute approximate surface area is 181 Å². The zero-order valence-corrected chi connectivity index (χ0v) is 19.2. The second-order valence-electron chi connectivity index (χ2n) is 10.1. The summed E-state index contributed by atoms with van der Waals surface area (Å²) in [7, 11) is 1.82. The van der Waals surface area contributed by atoms with Crippen LogP contribution in [0.5, 0.6) is 0 Å². The molecular weight excluding hydrogens is 380 g/mol. The third-order valence-corrected chi connectivity index (χ3v) is 6.56. The van der Waals surface area contributed by atoms with Gasteiger partial charge in [0.1, 0.15) is 6.04 Å². The first-order valence-corrected chi connectivity index (χ1v) is 11.7. The summed E-state index contributed by atoms with van der Waals surface area (Å²) in [6.07, 6.45) is 12.7. The average Bonchev–Trinajstić information content (AvgIpc) is 3.23. The minimum absolute atomic E-state index is 0.0668. The lowest BCUT2D eigenvalue weighted by molar-refractivity contribution is -0.180. The summed E-state index contributed by atoms with van der Waals surface area (Å²) in [6.45, 7) is 7.22. The molecule has 2 N–H and O–H groups in total. The Bertz CT molecular complexity index is 630. The van der Waals surface area contributed by atoms with Gasteiger partial charge in [0.25, 0.3) is 0 Å². The van der Waals surface area contributed by atoms with Crippen LogP contribution in [-0.4, -0.2) is 65.8 Å². The van der Waals surface area contributed by atoms with E-state index < -0.39 is 0 Å². The lowest BCUT2D eigenvalue weighted by Gasteiger charge is -2.34. The van der Waals surface area contributed by atoms with Crippen molar-refractivity contribution in [1.29, 1.82) is 0 Å². The van der Waals surface area contributed by atoms with Gasteiger partial charge in [0.15, 0.2) is 0 Å². The topological polar surface area (TPSA) is 73.9 Å². The highest BCUT2D eigenvalue weighted by molar-refractivity contribution is 5.82. The third kappa shape index (κ3) is 6.45. The number of hydrogen-bond donors (Lipinski definition) is 2. The Kier molecular flexibility index (Phi) is 7.80. The first-order chi connectivity index (χ1) is 14.3. The predicted molar refractivity (Wildman–Crippen MR) is 118 cm³/mol. The van der Waals surface area contributed by atoms with Crippen molar-refractivity contribution in [3.8, 4) is 0 Å². The van der Waals surface area contributed by atoms with Crippen molar-refractivity contribution in [3.63, 3.8) is 0 Å². The quantitative estimate of drug-likeness (QED) is 0.639. The second kappa shape index (κ2) is 10.1. The highest BCUT2D eigenvalue weighted by Gasteiger charge is 2.40. The molecule has 0 aromatic rings. The normalized spacial score (nSPS) is 32.5. The zero-order chi connectivity index (χ0) is 21.7. The number of hydroxylamine groups is 2. The van der Waals surface area contributed by atoms with E-state index >= 15 is 0 Å². The summed E-state index contributed by atoms with van der Waals surface area (Å²) in [6, 6.07) is -0.0902. The Morgan fingerprint density at radius 2 is 2.03 bits per heavy atom. The molecule has 170 valence electrons. The number of nitrogens with zero attached hydrogens (tertiary/aromatic N) is 2. The van der Waals surface area contributed by atoms with Crippen molar-refractivity contribution in [1.82, 2.24) is 20.6 Å². The van der Waals surface area contributed by atoms with Gasteiger partial charge in [0.2, 0.25) is 5.91 Å². The summed E-state index contributed by atoms with van der Waals surface area (Å²) in [5, 5.41) is 8.18. The van der Waals surface area contributed by atoms with E-state index in [1.165, 1.54) is 0 Å². The number of nitrogens with one attached hydrogen (secondary N) is 2. The van der Waals surface area contributed by atoms with Crippen molar-refractivity contribution in [2.24, 2.45) is 5.92 Å². The van der Waals surface area contributed by atoms with Gasteiger partial charge in [-0.05, 0) is 65.2 Å². The van der Waals surface area contributed by atoms with Gasteiger partial charge in [-0.15, -0.1) is 0 Å². The number of carbonyl (C=O) groups is 2. The van der Waals surface area contributed by atoms with Crippen LogP contribution in [0.25, 0.3) is 0 Å². The van der Waals surface area contributed by atoms with Crippen molar-refractivity contribution in [2.45, 2.75) is 95.8 Å². The number of rotatable bonds is 1. The molecule has 7 nitrogen and oxygen atoms in total. The van der Waals surface area contributed by atoms with Gasteiger partial charge in [-0.25, -0.2) is 4.79 Å². The van der Waals surface area contributed by atoms with Crippen molar-refractivity contribution >= 4 is 11.9 Å². The molecular formula is C23H40N4O3. The van der Waals surface area contributed by atoms with E-state index in [4.69, 9.17) is 4.84 Å². The van der Waals surface area contributed by atoms with Gasteiger partial charge in [0.05, 0.1) is 12.6 Å². The molecule has 0 spiro atoms. The molecule has 0 radical (unpaired) electrons. The van der Waals surface area contributed by atoms with Gasteiger partial charge in [-0.3, -0.25) is 9.63 Å². The van der Waals surface area contributed by atoms with Gasteiger partial charge in [-0.2, -0.15) is 5.06 Å². The Morgan fingerprint density at radius 1 is 1.23 bits per heavy atom. The van der Waals surface area contributed by atoms with Gasteiger partial charge in [0, 0.05) is 25.2 Å². The molecule has 0 unspecified atom stereocenters. The maximum Gasteiger partial charge on any atom is 0.317 e. The first-order valence-electron chi connectivity index (χ1n) is 11.7. The van der Waals surface area contributed by atoms with E-state index in [0.717, 1.165) is 57.9 Å². The van der Waals surface area contributed by atoms with Crippen LogP contribution in [0.1, 0.15) is 72.1 Å². The van der Waals surface area contributed by atoms with Crippen molar-refractivity contribution in [3.05, 3.63) is 12.2 Å². The molecule has 3 rings (SSSR count). The van der Waals surface area contributed by atoms with Crippen LogP contribution in [0, 0.1) is 5.92 Å². The minimum Gasteiger partial charge on any atom is -0.351 e. The molecule has 3 aliphatic rings. The second-order valence-corrected chi connectivity index (χ2v) is 10.1. The van der Waals surface area contributed by atoms with Crippen LogP contribution in [0.3, 0.4) is 0 Å². The number of amides is 3. The average molecular weight is 421 g/mol. The SMILES string of the molecule is CN(C(=O)N[C@H]1CCCCC/C=C\[C@@H]2C[C@H]2NC(=O)[C@@H]2CCCN2OC1)C(C)(C)C. The number of fused-ring (bicyclic) bond motifs is 2. The molecule has 7 heteroatoms. The molecule has 2 heterocycles. The first kappa shape index (κ1) is 23.1. The zero-order valence-electron chi connectivity index (χ0n) is 19.2. The van der Waals surface area contributed by atoms with E-state index in [1.54, 1.807) is 4.90 Å². The van der Waals surface area contributed by atoms with Crippen LogP contribution >= 0.6 is 0 Å². The Balaban J connectivity index is 1.62. The van der Waals surface area contributed by atoms with Gasteiger partial charge < -0.3 is 15.5 Å². The predicted octanol–water partition coefficient (Wildman–Crippen LogP) is 3.22. The van der Waals surface area contributed by atoms with Crippen LogP contribution < -0.4 is 10.6 Å². The fraction of sp³-hybridized carbons (Fsp3) is 0.826. The molecule has 30 heavy (non-hydrogen) atoms. The lowest BCUT2D eigenvalue weighted by atomic mass is 10.1. The summed E-state index contributed by atoms with van der Waals surface area (Å²) in [5.74, 6) is 0.575. The molecule has 3 amide bonds. The summed E-state index contributed by atoms with van der Waals surface area (Å²) in [4.78, 5) is 33.3. The van der Waals surface area contributed by atoms with Crippen LogP contribution in [-0.2, 0) is 9.63 Å². The van der Waals surface area contributed by atoms with Crippen LogP contribution in [0.4, 0.5) is 4.79 Å². The molecule has 1 aliphatic carbocycles. The number of carbonyl (C=O) groups excluding carboxylic acids is 2. The summed E-state index contributed by atoms with van der Waals surface area (Å²) >= 11 is 0. The molecule has 0 aromatic heterocycles. The highest BCUT2D eigenvalue weighted by Crippen LogP contribution is 2.32. The largest absolute Gasteiger partial charge is 0.351 e. The highest BCUT2D eigenvalue weighted by atomic mass is 16.7. The maximum atomic E-state index is 12.8. The van der Waals surface area contributed by atoms with E-state index in [-0.39, 0.29) is 35.6 Å². The maximum absolute atomic E-state index is 12.8. The number of hydrogen-bond acceptors (Lipinski definition) is 4. The molecule has 0 aromatic carbocycles. The summed E-state index contributed by atoms with van der Waals surface area (Å²) in [5.41, 5.74) is -0.242. The van der Waals surface area contributed by atoms with Crippen molar-refractivity contribution < 1.29 is 14.4 Å².